The van der Waals surface area contributed by atoms with Gasteiger partial charge in [-0.3, -0.25) is 0 Å². The highest BCUT2D eigenvalue weighted by Gasteiger charge is 2.25. The van der Waals surface area contributed by atoms with E-state index in [1.807, 2.05) is 55.5 Å². The van der Waals surface area contributed by atoms with E-state index in [1.54, 1.807) is 11.9 Å². The van der Waals surface area contributed by atoms with Crippen molar-refractivity contribution in [3.63, 3.8) is 0 Å². The number of aliphatic hydroxyl groups is 4. The highest BCUT2D eigenvalue weighted by atomic mass is 16.5. The Kier molecular flexibility index (Phi) is 6.85. The number of fused-ring (bicyclic) bond motifs is 3. The first-order valence-electron chi connectivity index (χ1n) is 11.7. The van der Waals surface area contributed by atoms with Gasteiger partial charge in [0, 0.05) is 29.1 Å². The quantitative estimate of drug-likeness (QED) is 0.145. The summed E-state index contributed by atoms with van der Waals surface area (Å²) in [6.07, 6.45) is 1.38. The lowest BCUT2D eigenvalue weighted by Crippen LogP contribution is -2.24. The van der Waals surface area contributed by atoms with E-state index in [4.69, 9.17) is 4.42 Å². The summed E-state index contributed by atoms with van der Waals surface area (Å²) in [5, 5.41) is 41.1. The summed E-state index contributed by atoms with van der Waals surface area (Å²) >= 11 is 0. The molecule has 1 heterocycles. The molecule has 6 heteroatoms. The molecule has 0 saturated carbocycles. The van der Waals surface area contributed by atoms with Crippen molar-refractivity contribution in [2.45, 2.75) is 13.0 Å². The molecule has 1 unspecified atom stereocenters. The molecule has 0 spiro atoms. The fraction of sp³-hybridized carbons (Fsp3) is 0.0968. The molecule has 0 bridgehead atoms. The second-order valence-corrected chi connectivity index (χ2v) is 8.73. The zero-order chi connectivity index (χ0) is 26.9. The molecule has 4 aromatic rings. The van der Waals surface area contributed by atoms with Crippen molar-refractivity contribution in [3.8, 4) is 11.1 Å². The number of aliphatic hydroxyl groups excluding tert-OH is 3. The van der Waals surface area contributed by atoms with E-state index in [1.165, 1.54) is 6.08 Å². The number of rotatable bonds is 8. The van der Waals surface area contributed by atoms with E-state index in [2.05, 4.69) is 37.9 Å². The van der Waals surface area contributed by atoms with Gasteiger partial charge in [-0.15, -0.1) is 0 Å². The first-order valence-corrected chi connectivity index (χ1v) is 11.7. The molecule has 4 N–H and O–H groups in total. The van der Waals surface area contributed by atoms with E-state index < -0.39 is 17.5 Å². The summed E-state index contributed by atoms with van der Waals surface area (Å²) in [7, 11) is 1.79. The molecule has 4 rings (SSSR count). The van der Waals surface area contributed by atoms with Gasteiger partial charge in [-0.25, -0.2) is 0 Å². The number of benzene rings is 3. The summed E-state index contributed by atoms with van der Waals surface area (Å²) in [5.41, 5.74) is 5.13. The Labute approximate surface area is 215 Å². The Morgan fingerprint density at radius 2 is 1.46 bits per heavy atom. The summed E-state index contributed by atoms with van der Waals surface area (Å²) in [6, 6.07) is 21.7. The average molecular weight is 496 g/mol. The molecule has 3 aromatic carbocycles. The van der Waals surface area contributed by atoms with Gasteiger partial charge in [0.1, 0.15) is 11.2 Å². The van der Waals surface area contributed by atoms with E-state index in [9.17, 15) is 20.4 Å². The Hall–Kier alpha value is -4.84. The van der Waals surface area contributed by atoms with Gasteiger partial charge in [-0.2, -0.15) is 0 Å². The molecule has 1 aromatic heterocycles. The van der Waals surface area contributed by atoms with E-state index in [0.717, 1.165) is 38.6 Å². The van der Waals surface area contributed by atoms with Crippen LogP contribution in [0.1, 0.15) is 18.5 Å². The lowest BCUT2D eigenvalue weighted by molar-refractivity contribution is 0.152. The zero-order valence-electron chi connectivity index (χ0n) is 20.8. The maximum absolute atomic E-state index is 10.6. The second-order valence-electron chi connectivity index (χ2n) is 8.73. The molecular weight excluding hydrogens is 466 g/mol. The summed E-state index contributed by atoms with van der Waals surface area (Å²) in [4.78, 5) is 1.81. The van der Waals surface area contributed by atoms with Crippen molar-refractivity contribution < 1.29 is 24.8 Å². The number of furan rings is 1. The Morgan fingerprint density at radius 3 is 2.08 bits per heavy atom. The summed E-state index contributed by atoms with van der Waals surface area (Å²) in [5.74, 6) is -3.28. The van der Waals surface area contributed by atoms with Gasteiger partial charge in [0.25, 0.3) is 0 Å². The van der Waals surface area contributed by atoms with Crippen LogP contribution in [0.4, 0.5) is 0 Å². The largest absolute Gasteiger partial charge is 0.504 e. The van der Waals surface area contributed by atoms with Crippen molar-refractivity contribution in [1.82, 2.24) is 4.90 Å². The number of nitrogens with zero attached hydrogens (tertiary/aromatic N) is 1. The van der Waals surface area contributed by atoms with Crippen molar-refractivity contribution >= 4 is 21.9 Å². The van der Waals surface area contributed by atoms with Crippen molar-refractivity contribution in [2.75, 3.05) is 7.05 Å². The summed E-state index contributed by atoms with van der Waals surface area (Å²) in [6.45, 7) is 13.6. The highest BCUT2D eigenvalue weighted by molar-refractivity contribution is 6.13. The van der Waals surface area contributed by atoms with E-state index >= 15 is 0 Å². The summed E-state index contributed by atoms with van der Waals surface area (Å²) < 4.78 is 6.23. The lowest BCUT2D eigenvalue weighted by atomic mass is 9.94. The molecule has 0 radical (unpaired) electrons. The van der Waals surface area contributed by atoms with Crippen LogP contribution in [0.25, 0.3) is 33.1 Å². The predicted octanol–water partition coefficient (Wildman–Crippen LogP) is 8.16. The van der Waals surface area contributed by atoms with Crippen LogP contribution >= 0.6 is 0 Å². The molecule has 0 amide bonds. The smallest absolute Gasteiger partial charge is 0.322 e. The van der Waals surface area contributed by atoms with E-state index in [0.29, 0.717) is 0 Å². The van der Waals surface area contributed by atoms with Crippen LogP contribution in [0.3, 0.4) is 0 Å². The molecule has 188 valence electrons. The van der Waals surface area contributed by atoms with Crippen LogP contribution in [0.15, 0.2) is 131 Å². The van der Waals surface area contributed by atoms with Crippen LogP contribution in [-0.4, -0.2) is 32.4 Å². The van der Waals surface area contributed by atoms with Crippen LogP contribution in [-0.2, 0) is 0 Å². The maximum Gasteiger partial charge on any atom is 0.322 e. The molecule has 0 aliphatic rings. The third-order valence-corrected chi connectivity index (χ3v) is 6.63. The number of hydrogen-bond donors (Lipinski definition) is 4. The average Bonchev–Trinajstić information content (AvgIpc) is 3.31. The monoisotopic (exact) mass is 495 g/mol. The SMILES string of the molecule is C=CC(=C)/C(C(=C)N(C)C(C)c1cccc2oc3cccc(-c4ccccc4)c3c12)=C(/O)C(O)=C(O)O. The van der Waals surface area contributed by atoms with E-state index in [-0.39, 0.29) is 22.9 Å². The minimum atomic E-state index is -1.42. The number of likely N-dealkylation sites (N-methyl/N-ethyl adjacent to an activating group) is 1. The van der Waals surface area contributed by atoms with Crippen LogP contribution in [0.5, 0.6) is 0 Å². The minimum Gasteiger partial charge on any atom is -0.504 e. The van der Waals surface area contributed by atoms with Crippen molar-refractivity contribution in [3.05, 3.63) is 132 Å². The first-order chi connectivity index (χ1) is 17.7. The molecule has 0 aliphatic heterocycles. The lowest BCUT2D eigenvalue weighted by Gasteiger charge is -2.31. The number of hydrogen-bond acceptors (Lipinski definition) is 6. The molecule has 0 fully saturated rings. The number of allylic oxidation sites excluding steroid dienone is 2. The van der Waals surface area contributed by atoms with Gasteiger partial charge >= 0.3 is 5.95 Å². The topological polar surface area (TPSA) is 97.3 Å². The van der Waals surface area contributed by atoms with Gasteiger partial charge in [0.15, 0.2) is 5.76 Å². The minimum absolute atomic E-state index is 0.0247. The molecule has 37 heavy (non-hydrogen) atoms. The standard InChI is InChI=1S/C31H29NO5/c1-6-18(2)26(29(33)30(34)31(35)36)20(4)32(5)19(3)22-14-10-16-24-27(22)28-23(15-11-17-25(28)37-24)21-12-8-7-9-13-21/h6-17,19,33-36H,1-2,4H2,3,5H3/b29-26-. The fourth-order valence-electron chi connectivity index (χ4n) is 4.52. The molecule has 1 atom stereocenters. The fourth-order valence-corrected chi connectivity index (χ4v) is 4.52. The van der Waals surface area contributed by atoms with Gasteiger partial charge in [-0.05, 0) is 41.3 Å². The molecular formula is C31H29NO5. The Morgan fingerprint density at radius 1 is 0.838 bits per heavy atom. The third-order valence-electron chi connectivity index (χ3n) is 6.63. The van der Waals surface area contributed by atoms with Crippen molar-refractivity contribution in [1.29, 1.82) is 0 Å². The van der Waals surface area contributed by atoms with Crippen LogP contribution in [0, 0.1) is 0 Å². The second kappa shape index (κ2) is 10.0. The van der Waals surface area contributed by atoms with Crippen molar-refractivity contribution in [2.24, 2.45) is 0 Å². The van der Waals surface area contributed by atoms with Gasteiger partial charge in [0.05, 0.1) is 6.04 Å². The third kappa shape index (κ3) is 4.45. The molecule has 0 aliphatic carbocycles. The normalized spacial score (nSPS) is 12.6. The highest BCUT2D eigenvalue weighted by Crippen LogP contribution is 2.41. The predicted molar refractivity (Wildman–Crippen MR) is 148 cm³/mol. The maximum atomic E-state index is 10.6. The first kappa shape index (κ1) is 25.3. The Bertz CT molecular complexity index is 1590. The van der Waals surface area contributed by atoms with Crippen LogP contribution in [0.2, 0.25) is 0 Å². The van der Waals surface area contributed by atoms with Gasteiger partial charge in [0.2, 0.25) is 5.76 Å². The Balaban J connectivity index is 1.89. The van der Waals surface area contributed by atoms with Gasteiger partial charge < -0.3 is 29.7 Å². The zero-order valence-corrected chi connectivity index (χ0v) is 20.8. The van der Waals surface area contributed by atoms with Crippen LogP contribution < -0.4 is 0 Å². The molecule has 6 nitrogen and oxygen atoms in total. The van der Waals surface area contributed by atoms with Gasteiger partial charge in [-0.1, -0.05) is 80.4 Å². The molecule has 0 saturated heterocycles.